The summed E-state index contributed by atoms with van der Waals surface area (Å²) in [5.41, 5.74) is 0. The van der Waals surface area contributed by atoms with Gasteiger partial charge in [-0.1, -0.05) is 0 Å². The second kappa shape index (κ2) is 3.92. The monoisotopic (exact) mass is 310 g/mol. The summed E-state index contributed by atoms with van der Waals surface area (Å²) in [7, 11) is 0. The molecular weight excluding hydrogens is 310 g/mol. The molecule has 0 N–H and O–H groups in total. The largest absolute Gasteiger partial charge is 1.00 e. The maximum Gasteiger partial charge on any atom is 1.00 e. The summed E-state index contributed by atoms with van der Waals surface area (Å²) >= 11 is 2.19. The zero-order valence-corrected chi connectivity index (χ0v) is 7.40. The third kappa shape index (κ3) is 37.8. The second-order valence-corrected chi connectivity index (χ2v) is 6.01. The molecule has 0 spiro atoms. The van der Waals surface area contributed by atoms with Crippen molar-refractivity contribution in [1.29, 1.82) is 0 Å². The Morgan fingerprint density at radius 2 is 1.17 bits per heavy atom. The van der Waals surface area contributed by atoms with Crippen LogP contribution in [-0.4, -0.2) is 2.41 Å². The molecule has 0 aliphatic carbocycles. The summed E-state index contributed by atoms with van der Waals surface area (Å²) in [4.78, 5) is 0. The fourth-order valence-corrected chi connectivity index (χ4v) is 0. The molecule has 0 aliphatic rings. The van der Waals surface area contributed by atoms with Crippen LogP contribution in [0, 0.1) is 0 Å². The van der Waals surface area contributed by atoms with Gasteiger partial charge in [0.25, 0.3) is 0 Å². The molecule has 0 aliphatic heterocycles. The molecule has 0 saturated heterocycles. The van der Waals surface area contributed by atoms with Crippen molar-refractivity contribution in [3.8, 4) is 0 Å². The SMILES string of the molecule is F[B-](F)(I)I.[Li+]. The van der Waals surface area contributed by atoms with Gasteiger partial charge in [0.15, 0.2) is 0 Å². The van der Waals surface area contributed by atoms with Crippen molar-refractivity contribution in [3.63, 3.8) is 0 Å². The number of halogens is 4. The predicted octanol–water partition coefficient (Wildman–Crippen LogP) is -0.765. The van der Waals surface area contributed by atoms with Gasteiger partial charge in [0, 0.05) is 0 Å². The summed E-state index contributed by atoms with van der Waals surface area (Å²) in [5.74, 6) is 0. The topological polar surface area (TPSA) is 0 Å². The van der Waals surface area contributed by atoms with Gasteiger partial charge in [0.2, 0.25) is 0 Å². The van der Waals surface area contributed by atoms with Crippen LogP contribution in [0.5, 0.6) is 0 Å². The maximum absolute atomic E-state index is 11.1. The third-order valence-corrected chi connectivity index (χ3v) is 0. The van der Waals surface area contributed by atoms with Crippen LogP contribution in [0.4, 0.5) is 8.63 Å². The molecule has 0 aromatic carbocycles. The van der Waals surface area contributed by atoms with E-state index in [-0.39, 0.29) is 18.9 Å². The van der Waals surface area contributed by atoms with Crippen LogP contribution < -0.4 is 18.9 Å². The molecule has 0 rings (SSSR count). The standard InChI is InChI=1S/BF2I2.Li/c2-1(3,4)5;/q-1;+1. The van der Waals surface area contributed by atoms with Crippen LogP contribution in [0.1, 0.15) is 0 Å². The quantitative estimate of drug-likeness (QED) is 0.407. The van der Waals surface area contributed by atoms with E-state index in [1.165, 1.54) is 0 Å². The Labute approximate surface area is 73.8 Å². The van der Waals surface area contributed by atoms with Gasteiger partial charge >= 0.3 is 21.3 Å². The van der Waals surface area contributed by atoms with Crippen LogP contribution in [0.15, 0.2) is 0 Å². The predicted molar refractivity (Wildman–Crippen MR) is 36.0 cm³/mol. The zero-order chi connectivity index (χ0) is 4.50. The van der Waals surface area contributed by atoms with Gasteiger partial charge in [-0.3, -0.25) is 44.7 Å². The van der Waals surface area contributed by atoms with E-state index in [1.54, 1.807) is 0 Å². The maximum atomic E-state index is 11.1. The molecule has 32 valence electrons. The Hall–Kier alpha value is 1.98. The van der Waals surface area contributed by atoms with Crippen molar-refractivity contribution in [2.24, 2.45) is 0 Å². The van der Waals surface area contributed by atoms with E-state index in [0.29, 0.717) is 0 Å². The molecule has 0 nitrogen and oxygen atoms in total. The van der Waals surface area contributed by atoms with Gasteiger partial charge in [-0.05, 0) is 0 Å². The van der Waals surface area contributed by atoms with E-state index in [4.69, 9.17) is 0 Å². The fourth-order valence-electron chi connectivity index (χ4n) is 0. The molecule has 0 aromatic heterocycles. The van der Waals surface area contributed by atoms with Crippen LogP contribution in [0.3, 0.4) is 0 Å². The van der Waals surface area contributed by atoms with Gasteiger partial charge < -0.3 is 8.63 Å². The zero-order valence-electron chi connectivity index (χ0n) is 3.09. The molecule has 6 heteroatoms. The first-order valence-electron chi connectivity index (χ1n) is 0.873. The summed E-state index contributed by atoms with van der Waals surface area (Å²) in [5, 5.41) is 0. The molecule has 0 radical (unpaired) electrons. The first kappa shape index (κ1) is 10.9. The van der Waals surface area contributed by atoms with Crippen molar-refractivity contribution < 1.29 is 27.5 Å². The summed E-state index contributed by atoms with van der Waals surface area (Å²) in [6.45, 7) is 0. The molecular formula is BF2I2Li. The Morgan fingerprint density at radius 1 is 1.17 bits per heavy atom. The Bertz CT molecular complexity index is 27.0. The first-order valence-corrected chi connectivity index (χ1v) is 3.36. The molecule has 6 heavy (non-hydrogen) atoms. The summed E-state index contributed by atoms with van der Waals surface area (Å²) in [6.07, 6.45) is 0. The van der Waals surface area contributed by atoms with Crippen LogP contribution in [0.2, 0.25) is 0 Å². The smallest absolute Gasteiger partial charge is 0.459 e. The van der Waals surface area contributed by atoms with Crippen molar-refractivity contribution in [1.82, 2.24) is 0 Å². The summed E-state index contributed by atoms with van der Waals surface area (Å²) < 4.78 is 19.1. The van der Waals surface area contributed by atoms with E-state index < -0.39 is 2.41 Å². The van der Waals surface area contributed by atoms with E-state index >= 15 is 0 Å². The van der Waals surface area contributed by atoms with Crippen molar-refractivity contribution in [3.05, 3.63) is 0 Å². The van der Waals surface area contributed by atoms with Gasteiger partial charge in [0.1, 0.15) is 0 Å². The van der Waals surface area contributed by atoms with Gasteiger partial charge in [0.05, 0.1) is 0 Å². The van der Waals surface area contributed by atoms with Crippen molar-refractivity contribution in [2.45, 2.75) is 0 Å². The van der Waals surface area contributed by atoms with E-state index in [2.05, 4.69) is 0 Å². The second-order valence-electron chi connectivity index (χ2n) is 0.495. The normalized spacial score (nSPS) is 10.0. The molecule has 0 amide bonds. The molecule has 0 bridgehead atoms. The third-order valence-electron chi connectivity index (χ3n) is 0. The number of rotatable bonds is 0. The molecule has 0 unspecified atom stereocenters. The average Bonchev–Trinajstić information content (AvgIpc) is 0.722. The molecule has 0 atom stereocenters. The minimum Gasteiger partial charge on any atom is -0.459 e. The van der Waals surface area contributed by atoms with E-state index in [9.17, 15) is 8.63 Å². The van der Waals surface area contributed by atoms with E-state index in [1.807, 2.05) is 0 Å². The van der Waals surface area contributed by atoms with Crippen molar-refractivity contribution >= 4 is 47.2 Å². The van der Waals surface area contributed by atoms with Gasteiger partial charge in [-0.2, -0.15) is 0 Å². The minimum absolute atomic E-state index is 0. The van der Waals surface area contributed by atoms with Gasteiger partial charge in [-0.25, -0.2) is 0 Å². The molecule has 0 saturated carbocycles. The Kier molecular flexibility index (Phi) is 7.11. The Morgan fingerprint density at radius 3 is 1.17 bits per heavy atom. The fraction of sp³-hybridized carbons (Fsp3) is 0. The van der Waals surface area contributed by atoms with Crippen molar-refractivity contribution in [2.75, 3.05) is 0 Å². The average molecular weight is 310 g/mol. The molecule has 0 aromatic rings. The number of hydrogen-bond acceptors (Lipinski definition) is 0. The minimum atomic E-state index is -3.06. The Balaban J connectivity index is 0. The number of hydrogen-bond donors (Lipinski definition) is 0. The van der Waals surface area contributed by atoms with Crippen LogP contribution in [0.25, 0.3) is 0 Å². The first-order chi connectivity index (χ1) is 2.00. The summed E-state index contributed by atoms with van der Waals surface area (Å²) in [6, 6.07) is 0. The van der Waals surface area contributed by atoms with Crippen LogP contribution >= 0.6 is 44.7 Å². The van der Waals surface area contributed by atoms with Gasteiger partial charge in [-0.15, -0.1) is 0 Å². The van der Waals surface area contributed by atoms with E-state index in [0.717, 1.165) is 44.7 Å². The molecule has 0 heterocycles. The molecule has 0 fully saturated rings. The van der Waals surface area contributed by atoms with Crippen LogP contribution in [-0.2, 0) is 0 Å².